The van der Waals surface area contributed by atoms with Gasteiger partial charge in [0, 0.05) is 20.6 Å². The number of benzene rings is 2. The largest absolute Gasteiger partial charge is 0.399 e. The maximum absolute atomic E-state index is 6.17. The molecule has 0 unspecified atom stereocenters. The Morgan fingerprint density at radius 3 is 2.76 bits per heavy atom. The number of rotatable bonds is 2. The van der Waals surface area contributed by atoms with E-state index in [1.54, 1.807) is 0 Å². The van der Waals surface area contributed by atoms with E-state index < -0.39 is 0 Å². The third-order valence-corrected chi connectivity index (χ3v) is 4.29. The van der Waals surface area contributed by atoms with Crippen molar-refractivity contribution < 1.29 is 0 Å². The summed E-state index contributed by atoms with van der Waals surface area (Å²) in [7, 11) is 0. The van der Waals surface area contributed by atoms with Gasteiger partial charge in [0.15, 0.2) is 0 Å². The van der Waals surface area contributed by atoms with Crippen LogP contribution in [0.2, 0.25) is 5.02 Å². The van der Waals surface area contributed by atoms with Crippen molar-refractivity contribution in [3.63, 3.8) is 0 Å². The number of anilines is 3. The second-order valence-corrected chi connectivity index (χ2v) is 6.12. The van der Waals surface area contributed by atoms with Crippen molar-refractivity contribution in [1.82, 2.24) is 4.98 Å². The van der Waals surface area contributed by atoms with E-state index in [-0.39, 0.29) is 0 Å². The average Bonchev–Trinajstić information content (AvgIpc) is 2.45. The fourth-order valence-corrected chi connectivity index (χ4v) is 2.81. The van der Waals surface area contributed by atoms with Crippen LogP contribution < -0.4 is 11.1 Å². The van der Waals surface area contributed by atoms with Crippen LogP contribution in [0.3, 0.4) is 0 Å². The summed E-state index contributed by atoms with van der Waals surface area (Å²) in [6.45, 7) is 1.97. The molecule has 5 heteroatoms. The first kappa shape index (κ1) is 14.2. The molecule has 3 N–H and O–H groups in total. The van der Waals surface area contributed by atoms with Gasteiger partial charge in [-0.2, -0.15) is 0 Å². The molecule has 0 aliphatic heterocycles. The highest BCUT2D eigenvalue weighted by Gasteiger charge is 2.06. The normalized spacial score (nSPS) is 10.8. The van der Waals surface area contributed by atoms with Crippen LogP contribution in [0, 0.1) is 6.92 Å². The fraction of sp³-hybridized carbons (Fsp3) is 0.0625. The molecule has 0 amide bonds. The number of hydrogen-bond acceptors (Lipinski definition) is 3. The molecule has 0 saturated carbocycles. The molecule has 1 aromatic heterocycles. The molecule has 0 radical (unpaired) electrons. The van der Waals surface area contributed by atoms with Crippen molar-refractivity contribution in [1.29, 1.82) is 0 Å². The lowest BCUT2D eigenvalue weighted by Crippen LogP contribution is -1.96. The number of nitrogens with one attached hydrogen (secondary N) is 1. The molecule has 3 rings (SSSR count). The lowest BCUT2D eigenvalue weighted by molar-refractivity contribution is 1.35. The minimum absolute atomic E-state index is 0.717. The molecule has 1 heterocycles. The maximum atomic E-state index is 6.17. The van der Waals surface area contributed by atoms with E-state index in [1.165, 1.54) is 0 Å². The first-order chi connectivity index (χ1) is 10.0. The zero-order chi connectivity index (χ0) is 15.0. The molecule has 0 spiro atoms. The summed E-state index contributed by atoms with van der Waals surface area (Å²) in [4.78, 5) is 4.57. The van der Waals surface area contributed by atoms with Gasteiger partial charge in [-0.3, -0.25) is 0 Å². The van der Waals surface area contributed by atoms with Crippen LogP contribution in [0.4, 0.5) is 17.2 Å². The highest BCUT2D eigenvalue weighted by atomic mass is 79.9. The highest BCUT2D eigenvalue weighted by molar-refractivity contribution is 9.10. The molecule has 0 bridgehead atoms. The van der Waals surface area contributed by atoms with Crippen molar-refractivity contribution in [2.75, 3.05) is 11.1 Å². The van der Waals surface area contributed by atoms with Gasteiger partial charge in [0.05, 0.1) is 11.2 Å². The van der Waals surface area contributed by atoms with Gasteiger partial charge in [-0.25, -0.2) is 4.98 Å². The van der Waals surface area contributed by atoms with Gasteiger partial charge in [-0.15, -0.1) is 0 Å². The van der Waals surface area contributed by atoms with Crippen molar-refractivity contribution >= 4 is 55.6 Å². The van der Waals surface area contributed by atoms with Gasteiger partial charge in [-0.05, 0) is 70.9 Å². The summed E-state index contributed by atoms with van der Waals surface area (Å²) in [6.07, 6.45) is 0. The quantitative estimate of drug-likeness (QED) is 0.609. The van der Waals surface area contributed by atoms with Crippen LogP contribution in [0.15, 0.2) is 46.9 Å². The number of fused-ring (bicyclic) bond motifs is 1. The summed E-state index contributed by atoms with van der Waals surface area (Å²) in [5, 5.41) is 5.01. The molecule has 0 atom stereocenters. The second kappa shape index (κ2) is 5.54. The lowest BCUT2D eigenvalue weighted by atomic mass is 10.2. The van der Waals surface area contributed by atoms with Crippen LogP contribution in [-0.2, 0) is 0 Å². The zero-order valence-electron chi connectivity index (χ0n) is 11.3. The molecular weight excluding hydrogens is 350 g/mol. The Bertz CT molecular complexity index is 833. The SMILES string of the molecule is Cc1cc(Br)c(Nc2ccc3cc(N)ccc3n2)cc1Cl. The van der Waals surface area contributed by atoms with Gasteiger partial charge in [0.2, 0.25) is 0 Å². The number of pyridine rings is 1. The molecule has 3 aromatic rings. The van der Waals surface area contributed by atoms with Crippen molar-refractivity contribution in [2.24, 2.45) is 0 Å². The summed E-state index contributed by atoms with van der Waals surface area (Å²) in [5.74, 6) is 0.757. The second-order valence-electron chi connectivity index (χ2n) is 4.85. The summed E-state index contributed by atoms with van der Waals surface area (Å²) < 4.78 is 0.948. The van der Waals surface area contributed by atoms with Crippen molar-refractivity contribution in [2.45, 2.75) is 6.92 Å². The van der Waals surface area contributed by atoms with Crippen LogP contribution in [0.1, 0.15) is 5.56 Å². The number of hydrogen-bond donors (Lipinski definition) is 2. The van der Waals surface area contributed by atoms with Crippen LogP contribution in [0.5, 0.6) is 0 Å². The van der Waals surface area contributed by atoms with Gasteiger partial charge in [0.1, 0.15) is 5.82 Å². The first-order valence-corrected chi connectivity index (χ1v) is 7.59. The van der Waals surface area contributed by atoms with Crippen LogP contribution >= 0.6 is 27.5 Å². The van der Waals surface area contributed by atoms with E-state index in [9.17, 15) is 0 Å². The molecule has 106 valence electrons. The Morgan fingerprint density at radius 2 is 1.95 bits per heavy atom. The Hall–Kier alpha value is -1.78. The maximum Gasteiger partial charge on any atom is 0.131 e. The Kier molecular flexibility index (Phi) is 3.74. The summed E-state index contributed by atoms with van der Waals surface area (Å²) >= 11 is 9.70. The molecule has 3 nitrogen and oxygen atoms in total. The van der Waals surface area contributed by atoms with E-state index in [1.807, 2.05) is 49.4 Å². The molecular formula is C16H13BrClN3. The van der Waals surface area contributed by atoms with Gasteiger partial charge < -0.3 is 11.1 Å². The Morgan fingerprint density at radius 1 is 1.14 bits per heavy atom. The third-order valence-electron chi connectivity index (χ3n) is 3.22. The minimum atomic E-state index is 0.717. The molecule has 2 aromatic carbocycles. The number of aromatic nitrogens is 1. The Balaban J connectivity index is 1.98. The first-order valence-electron chi connectivity index (χ1n) is 6.42. The zero-order valence-corrected chi connectivity index (χ0v) is 13.7. The Labute approximate surface area is 136 Å². The fourth-order valence-electron chi connectivity index (χ4n) is 2.09. The van der Waals surface area contributed by atoms with Gasteiger partial charge in [-0.1, -0.05) is 11.6 Å². The highest BCUT2D eigenvalue weighted by Crippen LogP contribution is 2.31. The molecule has 21 heavy (non-hydrogen) atoms. The van der Waals surface area contributed by atoms with E-state index in [2.05, 4.69) is 26.2 Å². The lowest BCUT2D eigenvalue weighted by Gasteiger charge is -2.11. The number of nitrogens with two attached hydrogens (primary N) is 1. The minimum Gasteiger partial charge on any atom is -0.399 e. The third kappa shape index (κ3) is 2.96. The predicted molar refractivity (Wildman–Crippen MR) is 93.3 cm³/mol. The number of nitrogen functional groups attached to an aromatic ring is 1. The van der Waals surface area contributed by atoms with Crippen LogP contribution in [0.25, 0.3) is 10.9 Å². The van der Waals surface area contributed by atoms with E-state index in [0.29, 0.717) is 5.02 Å². The van der Waals surface area contributed by atoms with E-state index in [0.717, 1.165) is 38.1 Å². The van der Waals surface area contributed by atoms with Gasteiger partial charge >= 0.3 is 0 Å². The average molecular weight is 363 g/mol. The van der Waals surface area contributed by atoms with Crippen molar-refractivity contribution in [3.8, 4) is 0 Å². The smallest absolute Gasteiger partial charge is 0.131 e. The molecule has 0 fully saturated rings. The topological polar surface area (TPSA) is 50.9 Å². The predicted octanol–water partition coefficient (Wildman–Crippen LogP) is 5.28. The number of nitrogens with zero attached hydrogens (tertiary/aromatic N) is 1. The molecule has 0 aliphatic carbocycles. The number of aryl methyl sites for hydroxylation is 1. The van der Waals surface area contributed by atoms with E-state index in [4.69, 9.17) is 17.3 Å². The summed E-state index contributed by atoms with van der Waals surface area (Å²) in [6, 6.07) is 13.4. The van der Waals surface area contributed by atoms with E-state index >= 15 is 0 Å². The molecule has 0 saturated heterocycles. The van der Waals surface area contributed by atoms with Gasteiger partial charge in [0.25, 0.3) is 0 Å². The summed E-state index contributed by atoms with van der Waals surface area (Å²) in [5.41, 5.74) is 9.30. The van der Waals surface area contributed by atoms with Crippen molar-refractivity contribution in [3.05, 3.63) is 57.5 Å². The monoisotopic (exact) mass is 361 g/mol. The molecule has 0 aliphatic rings. The van der Waals surface area contributed by atoms with Crippen LogP contribution in [-0.4, -0.2) is 4.98 Å². The number of halogens is 2. The standard InChI is InChI=1S/C16H13BrClN3/c1-9-6-12(17)15(8-13(9)18)21-16-5-2-10-7-11(19)3-4-14(10)20-16/h2-8H,19H2,1H3,(H,20,21).